The number of amides is 1. The maximum Gasteiger partial charge on any atom is 0.226 e. The van der Waals surface area contributed by atoms with E-state index in [2.05, 4.69) is 31.1 Å². The second-order valence-corrected chi connectivity index (χ2v) is 6.05. The SMILES string of the molecule is CCC(C)(C)CNC(=O)Cc1nc(CCl)cs1. The van der Waals surface area contributed by atoms with Crippen LogP contribution < -0.4 is 5.32 Å². The van der Waals surface area contributed by atoms with Crippen LogP contribution in [0.5, 0.6) is 0 Å². The zero-order valence-corrected chi connectivity index (χ0v) is 12.1. The number of aromatic nitrogens is 1. The highest BCUT2D eigenvalue weighted by molar-refractivity contribution is 7.09. The van der Waals surface area contributed by atoms with E-state index in [1.54, 1.807) is 0 Å². The van der Waals surface area contributed by atoms with Gasteiger partial charge in [-0.15, -0.1) is 22.9 Å². The molecule has 1 aromatic heterocycles. The fraction of sp³-hybridized carbons (Fsp3) is 0.667. The van der Waals surface area contributed by atoms with Gasteiger partial charge >= 0.3 is 0 Å². The van der Waals surface area contributed by atoms with Gasteiger partial charge in [-0.2, -0.15) is 0 Å². The summed E-state index contributed by atoms with van der Waals surface area (Å²) in [6.45, 7) is 7.11. The third-order valence-electron chi connectivity index (χ3n) is 2.77. The van der Waals surface area contributed by atoms with Gasteiger partial charge in [0.1, 0.15) is 5.01 Å². The van der Waals surface area contributed by atoms with E-state index >= 15 is 0 Å². The summed E-state index contributed by atoms with van der Waals surface area (Å²) in [5.41, 5.74) is 0.994. The minimum atomic E-state index is 0.0296. The lowest BCUT2D eigenvalue weighted by atomic mass is 9.90. The van der Waals surface area contributed by atoms with Crippen molar-refractivity contribution in [3.05, 3.63) is 16.1 Å². The number of thiazole rings is 1. The van der Waals surface area contributed by atoms with Gasteiger partial charge in [0, 0.05) is 11.9 Å². The lowest BCUT2D eigenvalue weighted by Gasteiger charge is -2.22. The molecule has 1 amide bonds. The molecule has 0 aliphatic rings. The molecule has 0 unspecified atom stereocenters. The summed E-state index contributed by atoms with van der Waals surface area (Å²) in [6, 6.07) is 0. The normalized spacial score (nSPS) is 11.5. The van der Waals surface area contributed by atoms with Crippen molar-refractivity contribution in [2.75, 3.05) is 6.54 Å². The van der Waals surface area contributed by atoms with E-state index in [9.17, 15) is 4.79 Å². The van der Waals surface area contributed by atoms with Crippen LogP contribution in [0.25, 0.3) is 0 Å². The molecule has 0 saturated heterocycles. The lowest BCUT2D eigenvalue weighted by Crippen LogP contribution is -2.34. The molecule has 1 heterocycles. The summed E-state index contributed by atoms with van der Waals surface area (Å²) < 4.78 is 0. The van der Waals surface area contributed by atoms with Crippen molar-refractivity contribution in [3.63, 3.8) is 0 Å². The van der Waals surface area contributed by atoms with Gasteiger partial charge in [-0.3, -0.25) is 4.79 Å². The first-order valence-corrected chi connectivity index (χ1v) is 7.14. The highest BCUT2D eigenvalue weighted by Crippen LogP contribution is 2.18. The molecule has 0 bridgehead atoms. The Kier molecular flexibility index (Phi) is 5.40. The largest absolute Gasteiger partial charge is 0.355 e. The van der Waals surface area contributed by atoms with Crippen LogP contribution in [0.3, 0.4) is 0 Å². The average molecular weight is 275 g/mol. The number of carbonyl (C=O) groups is 1. The smallest absolute Gasteiger partial charge is 0.226 e. The molecule has 0 radical (unpaired) electrons. The summed E-state index contributed by atoms with van der Waals surface area (Å²) in [4.78, 5) is 16.0. The average Bonchev–Trinajstić information content (AvgIpc) is 2.74. The van der Waals surface area contributed by atoms with Gasteiger partial charge < -0.3 is 5.32 Å². The Bertz CT molecular complexity index is 376. The highest BCUT2D eigenvalue weighted by Gasteiger charge is 2.16. The highest BCUT2D eigenvalue weighted by atomic mass is 35.5. The zero-order valence-electron chi connectivity index (χ0n) is 10.5. The standard InChI is InChI=1S/C12H19ClN2OS/c1-4-12(2,3)8-14-10(16)5-11-15-9(6-13)7-17-11/h7H,4-6,8H2,1-3H3,(H,14,16). The summed E-state index contributed by atoms with van der Waals surface area (Å²) in [7, 11) is 0. The molecule has 0 spiro atoms. The molecule has 96 valence electrons. The Balaban J connectivity index is 2.39. The first kappa shape index (κ1) is 14.5. The Hall–Kier alpha value is -0.610. The number of nitrogens with zero attached hydrogens (tertiary/aromatic N) is 1. The molecule has 3 nitrogen and oxygen atoms in total. The maximum atomic E-state index is 11.7. The fourth-order valence-electron chi connectivity index (χ4n) is 1.15. The summed E-state index contributed by atoms with van der Waals surface area (Å²) >= 11 is 7.15. The van der Waals surface area contributed by atoms with Crippen LogP contribution in [-0.2, 0) is 17.1 Å². The van der Waals surface area contributed by atoms with Crippen molar-refractivity contribution in [2.45, 2.75) is 39.5 Å². The Morgan fingerprint density at radius 2 is 2.29 bits per heavy atom. The van der Waals surface area contributed by atoms with Crippen LogP contribution in [0.15, 0.2) is 5.38 Å². The minimum absolute atomic E-state index is 0.0296. The molecular formula is C12H19ClN2OS. The minimum Gasteiger partial charge on any atom is -0.355 e. The van der Waals surface area contributed by atoms with E-state index in [0.29, 0.717) is 18.8 Å². The van der Waals surface area contributed by atoms with Gasteiger partial charge in [0.25, 0.3) is 0 Å². The summed E-state index contributed by atoms with van der Waals surface area (Å²) in [5.74, 6) is 0.433. The Labute approximate surface area is 112 Å². The van der Waals surface area contributed by atoms with Crippen LogP contribution in [0.1, 0.15) is 37.9 Å². The quantitative estimate of drug-likeness (QED) is 0.811. The molecule has 17 heavy (non-hydrogen) atoms. The van der Waals surface area contributed by atoms with E-state index in [1.165, 1.54) is 11.3 Å². The van der Waals surface area contributed by atoms with Gasteiger partial charge in [-0.05, 0) is 11.8 Å². The van der Waals surface area contributed by atoms with Gasteiger partial charge in [0.15, 0.2) is 0 Å². The summed E-state index contributed by atoms with van der Waals surface area (Å²) in [5, 5.41) is 5.67. The van der Waals surface area contributed by atoms with Crippen molar-refractivity contribution < 1.29 is 4.79 Å². The van der Waals surface area contributed by atoms with E-state index in [4.69, 9.17) is 11.6 Å². The molecular weight excluding hydrogens is 256 g/mol. The van der Waals surface area contributed by atoms with Crippen LogP contribution >= 0.6 is 22.9 Å². The number of hydrogen-bond acceptors (Lipinski definition) is 3. The van der Waals surface area contributed by atoms with Crippen LogP contribution in [0.2, 0.25) is 0 Å². The fourth-order valence-corrected chi connectivity index (χ4v) is 2.18. The van der Waals surface area contributed by atoms with E-state index in [1.807, 2.05) is 5.38 Å². The van der Waals surface area contributed by atoms with E-state index in [-0.39, 0.29) is 11.3 Å². The number of rotatable bonds is 6. The van der Waals surface area contributed by atoms with Gasteiger partial charge in [-0.1, -0.05) is 20.8 Å². The number of nitrogens with one attached hydrogen (secondary N) is 1. The third kappa shape index (κ3) is 5.04. The first-order chi connectivity index (χ1) is 7.96. The number of halogens is 1. The van der Waals surface area contributed by atoms with Gasteiger partial charge in [0.2, 0.25) is 5.91 Å². The first-order valence-electron chi connectivity index (χ1n) is 5.73. The van der Waals surface area contributed by atoms with Crippen molar-refractivity contribution in [1.29, 1.82) is 0 Å². The van der Waals surface area contributed by atoms with E-state index in [0.717, 1.165) is 17.1 Å². The topological polar surface area (TPSA) is 42.0 Å². The number of alkyl halides is 1. The van der Waals surface area contributed by atoms with Gasteiger partial charge in [-0.25, -0.2) is 4.98 Å². The third-order valence-corrected chi connectivity index (χ3v) is 3.94. The predicted molar refractivity (Wildman–Crippen MR) is 72.5 cm³/mol. The molecule has 0 aliphatic heterocycles. The van der Waals surface area contributed by atoms with Crippen molar-refractivity contribution in [3.8, 4) is 0 Å². The monoisotopic (exact) mass is 274 g/mol. The molecule has 0 aromatic carbocycles. The Morgan fingerprint density at radius 3 is 2.82 bits per heavy atom. The number of hydrogen-bond donors (Lipinski definition) is 1. The second-order valence-electron chi connectivity index (χ2n) is 4.84. The molecule has 0 aliphatic carbocycles. The van der Waals surface area contributed by atoms with Crippen LogP contribution in [0.4, 0.5) is 0 Å². The predicted octanol–water partition coefficient (Wildman–Crippen LogP) is 2.98. The molecule has 1 N–H and O–H groups in total. The molecule has 0 atom stereocenters. The number of carbonyl (C=O) groups excluding carboxylic acids is 1. The van der Waals surface area contributed by atoms with Crippen LogP contribution in [-0.4, -0.2) is 17.4 Å². The molecule has 0 saturated carbocycles. The maximum absolute atomic E-state index is 11.7. The molecule has 0 fully saturated rings. The Morgan fingerprint density at radius 1 is 1.59 bits per heavy atom. The zero-order chi connectivity index (χ0) is 12.9. The molecule has 5 heteroatoms. The molecule has 1 rings (SSSR count). The summed E-state index contributed by atoms with van der Waals surface area (Å²) in [6.07, 6.45) is 1.39. The van der Waals surface area contributed by atoms with Gasteiger partial charge in [0.05, 0.1) is 18.0 Å². The van der Waals surface area contributed by atoms with E-state index < -0.39 is 0 Å². The van der Waals surface area contributed by atoms with Crippen LogP contribution in [0, 0.1) is 5.41 Å². The van der Waals surface area contributed by atoms with Crippen molar-refractivity contribution in [2.24, 2.45) is 5.41 Å². The second kappa shape index (κ2) is 6.36. The van der Waals surface area contributed by atoms with Crippen molar-refractivity contribution in [1.82, 2.24) is 10.3 Å². The van der Waals surface area contributed by atoms with Crippen molar-refractivity contribution >= 4 is 28.8 Å². The molecule has 1 aromatic rings. The lowest BCUT2D eigenvalue weighted by molar-refractivity contribution is -0.120.